The van der Waals surface area contributed by atoms with Crippen molar-refractivity contribution in [2.24, 2.45) is 11.8 Å². The zero-order chi connectivity index (χ0) is 39.4. The Bertz CT molecular complexity index is 2190. The van der Waals surface area contributed by atoms with Gasteiger partial charge in [-0.1, -0.05) is 51.3 Å². The van der Waals surface area contributed by atoms with Crippen molar-refractivity contribution in [3.63, 3.8) is 0 Å². The number of allylic oxidation sites excluding steroid dienone is 1. The van der Waals surface area contributed by atoms with E-state index in [1.54, 1.807) is 24.3 Å². The van der Waals surface area contributed by atoms with Crippen molar-refractivity contribution < 1.29 is 32.3 Å². The molecular formula is C41H50N6O7S2. The summed E-state index contributed by atoms with van der Waals surface area (Å²) in [5.41, 5.74) is -0.0607. The van der Waals surface area contributed by atoms with Gasteiger partial charge in [0.25, 0.3) is 5.91 Å². The molecule has 2 aliphatic heterocycles. The molecule has 298 valence electrons. The van der Waals surface area contributed by atoms with Crippen LogP contribution in [-0.4, -0.2) is 83.6 Å². The molecule has 6 bridgehead atoms. The second-order valence-corrected chi connectivity index (χ2v) is 19.5. The Hall–Kier alpha value is -4.50. The molecule has 1 aromatic carbocycles. The van der Waals surface area contributed by atoms with Gasteiger partial charge in [-0.05, 0) is 68.0 Å². The third kappa shape index (κ3) is 7.39. The van der Waals surface area contributed by atoms with Crippen LogP contribution >= 0.6 is 11.3 Å². The second-order valence-electron chi connectivity index (χ2n) is 16.6. The number of hydrogen-bond donors (Lipinski definition) is 3. The molecular weight excluding hydrogens is 753 g/mol. The van der Waals surface area contributed by atoms with Gasteiger partial charge < -0.3 is 25.0 Å². The molecule has 3 N–H and O–H groups in total. The number of hydrogen-bond acceptors (Lipinski definition) is 11. The number of nitrogens with one attached hydrogen (secondary N) is 3. The van der Waals surface area contributed by atoms with E-state index in [1.165, 1.54) is 11.3 Å². The molecule has 4 fully saturated rings. The SMILES string of the molecule is C=C[C@@H]1C[C@]1(NC(=O)[C@@H]1C[C@@H]2CN1C(=O)[C@H](C1CCCCC1)Nc1nc(cs1)C(C)(C)C/C=C/c1cc3c(nccc3cc1OC)O2)C(=O)NS(=O)(=O)C1CC1. The fourth-order valence-electron chi connectivity index (χ4n) is 8.54. The van der Waals surface area contributed by atoms with Crippen LogP contribution in [0.4, 0.5) is 5.13 Å². The first-order chi connectivity index (χ1) is 26.8. The number of fused-ring (bicyclic) bond motifs is 5. The van der Waals surface area contributed by atoms with Crippen molar-refractivity contribution in [1.82, 2.24) is 24.9 Å². The molecule has 5 aliphatic rings. The van der Waals surface area contributed by atoms with Crippen LogP contribution in [0.1, 0.15) is 89.3 Å². The zero-order valence-corrected chi connectivity index (χ0v) is 33.7. The number of methoxy groups -OCH3 is 1. The highest BCUT2D eigenvalue weighted by Gasteiger charge is 2.62. The number of thiazole rings is 1. The number of anilines is 1. The van der Waals surface area contributed by atoms with Gasteiger partial charge >= 0.3 is 0 Å². The summed E-state index contributed by atoms with van der Waals surface area (Å²) in [6.07, 6.45) is 13.6. The standard InChI is InChI=1S/C41H50N6O7S2/c1-5-27-21-41(27,38(50)46-56(51,52)29-13-14-29)45-35(48)31-20-28-22-47(31)37(49)34(24-10-7-6-8-11-24)44-39-43-33(23-55-39)40(2,3)16-9-12-26-18-30-25(19-32(26)53-4)15-17-42-36(30)54-28/h5,9,12,15,17-19,23-24,27-29,31,34H,1,6-8,10-11,13-14,16,20-22H2,2-4H3,(H,43,44)(H,45,48)(H,46,50)/b12-9+/t27-,28-,31+,34+,41-/m1/s1. The van der Waals surface area contributed by atoms with E-state index < -0.39 is 56.7 Å². The fourth-order valence-corrected chi connectivity index (χ4v) is 10.8. The predicted octanol–water partition coefficient (Wildman–Crippen LogP) is 5.47. The Morgan fingerprint density at radius 1 is 1.16 bits per heavy atom. The zero-order valence-electron chi connectivity index (χ0n) is 32.1. The molecule has 4 heterocycles. The van der Waals surface area contributed by atoms with Gasteiger partial charge in [0.05, 0.1) is 24.6 Å². The largest absolute Gasteiger partial charge is 0.496 e. The average molecular weight is 803 g/mol. The summed E-state index contributed by atoms with van der Waals surface area (Å²) in [7, 11) is -2.23. The van der Waals surface area contributed by atoms with Gasteiger partial charge in [-0.25, -0.2) is 18.4 Å². The van der Waals surface area contributed by atoms with Gasteiger partial charge in [0.15, 0.2) is 5.13 Å². The van der Waals surface area contributed by atoms with Crippen molar-refractivity contribution in [1.29, 1.82) is 0 Å². The van der Waals surface area contributed by atoms with E-state index in [0.29, 0.717) is 36.0 Å². The Kier molecular flexibility index (Phi) is 10.1. The van der Waals surface area contributed by atoms with Crippen molar-refractivity contribution in [2.45, 2.75) is 112 Å². The average Bonchev–Trinajstić information content (AvgIpc) is 4.07. The number of carbonyl (C=O) groups is 3. The molecule has 2 aromatic heterocycles. The van der Waals surface area contributed by atoms with Gasteiger partial charge in [-0.3, -0.25) is 19.1 Å². The van der Waals surface area contributed by atoms with Crippen LogP contribution in [-0.2, 0) is 29.8 Å². The molecule has 3 saturated carbocycles. The van der Waals surface area contributed by atoms with Gasteiger partial charge in [0, 0.05) is 40.3 Å². The highest BCUT2D eigenvalue weighted by Crippen LogP contribution is 2.46. The van der Waals surface area contributed by atoms with E-state index in [2.05, 4.69) is 46.8 Å². The van der Waals surface area contributed by atoms with Crippen LogP contribution in [0.3, 0.4) is 0 Å². The molecule has 0 spiro atoms. The van der Waals surface area contributed by atoms with E-state index in [-0.39, 0.29) is 36.6 Å². The van der Waals surface area contributed by atoms with Crippen LogP contribution in [0, 0.1) is 11.8 Å². The highest BCUT2D eigenvalue weighted by atomic mass is 32.2. The van der Waals surface area contributed by atoms with Crippen LogP contribution in [0.5, 0.6) is 11.6 Å². The highest BCUT2D eigenvalue weighted by molar-refractivity contribution is 7.91. The predicted molar refractivity (Wildman–Crippen MR) is 215 cm³/mol. The van der Waals surface area contributed by atoms with Crippen molar-refractivity contribution in [3.05, 3.63) is 59.8 Å². The summed E-state index contributed by atoms with van der Waals surface area (Å²) in [5, 5.41) is 10.1. The minimum absolute atomic E-state index is 0.0142. The Morgan fingerprint density at radius 2 is 1.95 bits per heavy atom. The maximum Gasteiger partial charge on any atom is 0.259 e. The Balaban J connectivity index is 1.18. The van der Waals surface area contributed by atoms with E-state index in [4.69, 9.17) is 14.5 Å². The lowest BCUT2D eigenvalue weighted by molar-refractivity contribution is -0.141. The van der Waals surface area contributed by atoms with E-state index in [1.807, 2.05) is 29.7 Å². The summed E-state index contributed by atoms with van der Waals surface area (Å²) < 4.78 is 40.3. The smallest absolute Gasteiger partial charge is 0.259 e. The summed E-state index contributed by atoms with van der Waals surface area (Å²) in [6, 6.07) is 4.14. The minimum atomic E-state index is -3.87. The number of sulfonamides is 1. The van der Waals surface area contributed by atoms with Gasteiger partial charge in [-0.2, -0.15) is 0 Å². The Labute approximate surface area is 331 Å². The number of ether oxygens (including phenoxy) is 2. The lowest BCUT2D eigenvalue weighted by Gasteiger charge is -2.35. The second kappa shape index (κ2) is 14.8. The van der Waals surface area contributed by atoms with E-state index in [0.717, 1.165) is 54.1 Å². The number of amides is 3. The number of carbonyl (C=O) groups excluding carboxylic acids is 3. The molecule has 3 aromatic rings. The van der Waals surface area contributed by atoms with Crippen LogP contribution < -0.4 is 24.8 Å². The normalized spacial score (nSPS) is 28.3. The molecule has 15 heteroatoms. The molecule has 5 atom stereocenters. The van der Waals surface area contributed by atoms with Crippen LogP contribution in [0.15, 0.2) is 48.5 Å². The molecule has 1 saturated heterocycles. The first-order valence-electron chi connectivity index (χ1n) is 19.7. The van der Waals surface area contributed by atoms with Crippen LogP contribution in [0.2, 0.25) is 0 Å². The first-order valence-corrected chi connectivity index (χ1v) is 22.1. The molecule has 56 heavy (non-hydrogen) atoms. The maximum absolute atomic E-state index is 15.1. The van der Waals surface area contributed by atoms with E-state index >= 15 is 4.79 Å². The summed E-state index contributed by atoms with van der Waals surface area (Å²) in [4.78, 5) is 54.4. The Morgan fingerprint density at radius 3 is 2.66 bits per heavy atom. The third-order valence-electron chi connectivity index (χ3n) is 12.2. The summed E-state index contributed by atoms with van der Waals surface area (Å²) >= 11 is 1.46. The minimum Gasteiger partial charge on any atom is -0.496 e. The van der Waals surface area contributed by atoms with Crippen molar-refractivity contribution in [2.75, 3.05) is 19.0 Å². The molecule has 0 radical (unpaired) electrons. The van der Waals surface area contributed by atoms with Crippen molar-refractivity contribution in [3.8, 4) is 11.6 Å². The summed E-state index contributed by atoms with van der Waals surface area (Å²) in [6.45, 7) is 8.22. The van der Waals surface area contributed by atoms with Gasteiger partial charge in [0.2, 0.25) is 27.7 Å². The first kappa shape index (κ1) is 38.4. The lowest BCUT2D eigenvalue weighted by Crippen LogP contribution is -2.58. The van der Waals surface area contributed by atoms with Gasteiger partial charge in [0.1, 0.15) is 29.5 Å². The fraction of sp³-hybridized carbons (Fsp3) is 0.537. The third-order valence-corrected chi connectivity index (χ3v) is 14.8. The molecule has 13 nitrogen and oxygen atoms in total. The number of rotatable bonds is 8. The van der Waals surface area contributed by atoms with E-state index in [9.17, 15) is 18.0 Å². The number of aromatic nitrogens is 2. The topological polar surface area (TPSA) is 169 Å². The van der Waals surface area contributed by atoms with Gasteiger partial charge in [-0.15, -0.1) is 17.9 Å². The number of pyridine rings is 1. The number of nitrogens with zero attached hydrogens (tertiary/aromatic N) is 3. The number of benzene rings is 1. The molecule has 3 aliphatic carbocycles. The maximum atomic E-state index is 15.1. The van der Waals surface area contributed by atoms with Crippen LogP contribution in [0.25, 0.3) is 16.8 Å². The van der Waals surface area contributed by atoms with Crippen molar-refractivity contribution >= 4 is 61.1 Å². The lowest BCUT2D eigenvalue weighted by atomic mass is 9.83. The summed E-state index contributed by atoms with van der Waals surface area (Å²) in [5.74, 6) is -0.975. The quantitative estimate of drug-likeness (QED) is 0.249. The molecule has 3 amide bonds. The molecule has 0 unspecified atom stereocenters. The molecule has 8 rings (SSSR count). The monoisotopic (exact) mass is 802 g/mol.